The summed E-state index contributed by atoms with van der Waals surface area (Å²) in [5.74, 6) is -0.392. The van der Waals surface area contributed by atoms with Gasteiger partial charge in [0.05, 0.1) is 10.0 Å². The van der Waals surface area contributed by atoms with E-state index in [0.29, 0.717) is 16.5 Å². The largest absolute Gasteiger partial charge is 0.352 e. The Balaban J connectivity index is 2.21. The molecule has 2 rings (SSSR count). The quantitative estimate of drug-likeness (QED) is 0.528. The number of rotatable bonds is 10. The molecule has 1 aromatic rings. The second kappa shape index (κ2) is 9.82. The van der Waals surface area contributed by atoms with E-state index in [-0.39, 0.29) is 23.1 Å². The van der Waals surface area contributed by atoms with Gasteiger partial charge in [-0.1, -0.05) is 62.9 Å². The lowest BCUT2D eigenvalue weighted by Gasteiger charge is -2.45. The van der Waals surface area contributed by atoms with Crippen LogP contribution in [0.3, 0.4) is 0 Å². The van der Waals surface area contributed by atoms with Gasteiger partial charge in [-0.15, -0.1) is 0 Å². The van der Waals surface area contributed by atoms with E-state index in [9.17, 15) is 13.2 Å². The van der Waals surface area contributed by atoms with Crippen LogP contribution >= 0.6 is 23.2 Å². The van der Waals surface area contributed by atoms with E-state index in [4.69, 9.17) is 23.2 Å². The predicted octanol–water partition coefficient (Wildman–Crippen LogP) is 5.30. The highest BCUT2D eigenvalue weighted by Gasteiger charge is 2.41. The van der Waals surface area contributed by atoms with E-state index in [1.807, 2.05) is 18.2 Å². The second-order valence-electron chi connectivity index (χ2n) is 7.81. The van der Waals surface area contributed by atoms with Crippen molar-refractivity contribution in [2.45, 2.75) is 82.4 Å². The first-order chi connectivity index (χ1) is 13.2. The van der Waals surface area contributed by atoms with Crippen LogP contribution in [-0.4, -0.2) is 31.4 Å². The molecule has 2 atom stereocenters. The topological polar surface area (TPSA) is 63.2 Å². The maximum atomic E-state index is 12.8. The lowest BCUT2D eigenvalue weighted by molar-refractivity contribution is -0.121. The van der Waals surface area contributed by atoms with Crippen LogP contribution < -0.4 is 5.32 Å². The van der Waals surface area contributed by atoms with Crippen molar-refractivity contribution in [1.82, 2.24) is 5.32 Å². The highest BCUT2D eigenvalue weighted by atomic mass is 35.5. The average molecular weight is 448 g/mol. The Morgan fingerprint density at radius 2 is 1.86 bits per heavy atom. The van der Waals surface area contributed by atoms with Gasteiger partial charge < -0.3 is 5.32 Å². The molecule has 1 fully saturated rings. The molecule has 0 bridgehead atoms. The van der Waals surface area contributed by atoms with Crippen molar-refractivity contribution in [2.75, 3.05) is 5.75 Å². The van der Waals surface area contributed by atoms with Crippen molar-refractivity contribution in [3.8, 4) is 0 Å². The molecule has 1 aromatic carbocycles. The second-order valence-corrected chi connectivity index (χ2v) is 11.1. The van der Waals surface area contributed by atoms with Crippen LogP contribution in [-0.2, 0) is 20.0 Å². The van der Waals surface area contributed by atoms with Crippen molar-refractivity contribution < 1.29 is 13.2 Å². The van der Waals surface area contributed by atoms with E-state index in [1.165, 1.54) is 0 Å². The standard InChI is InChI=1S/C21H31Cl2NO3S/c1-4-8-16(24-20(25)19(5-2)28(26,27)6-3)14-21(11-7-12-21)15-9-10-17(22)18(23)13-15/h9-10,13,16,19H,4-8,11-12,14H2,1-3H3,(H,24,25). The molecular weight excluding hydrogens is 417 g/mol. The lowest BCUT2D eigenvalue weighted by Crippen LogP contribution is -2.48. The normalized spacial score (nSPS) is 18.2. The summed E-state index contributed by atoms with van der Waals surface area (Å²) in [4.78, 5) is 12.8. The van der Waals surface area contributed by atoms with E-state index in [1.54, 1.807) is 13.8 Å². The number of hydrogen-bond donors (Lipinski definition) is 1. The van der Waals surface area contributed by atoms with Gasteiger partial charge in [0.15, 0.2) is 9.84 Å². The fourth-order valence-corrected chi connectivity index (χ4v) is 5.79. The smallest absolute Gasteiger partial charge is 0.238 e. The Hall–Kier alpha value is -0.780. The van der Waals surface area contributed by atoms with E-state index in [2.05, 4.69) is 12.2 Å². The van der Waals surface area contributed by atoms with Crippen molar-refractivity contribution in [3.05, 3.63) is 33.8 Å². The summed E-state index contributed by atoms with van der Waals surface area (Å²) in [7, 11) is -3.41. The Labute approximate surface area is 179 Å². The van der Waals surface area contributed by atoms with Crippen molar-refractivity contribution in [2.24, 2.45) is 0 Å². The van der Waals surface area contributed by atoms with Gasteiger partial charge in [0, 0.05) is 11.8 Å². The molecule has 1 aliphatic rings. The molecule has 7 heteroatoms. The van der Waals surface area contributed by atoms with Gasteiger partial charge in [-0.05, 0) is 55.2 Å². The monoisotopic (exact) mass is 447 g/mol. The third kappa shape index (κ3) is 5.22. The zero-order valence-electron chi connectivity index (χ0n) is 16.9. The first kappa shape index (κ1) is 23.5. The SMILES string of the molecule is CCCC(CC1(c2ccc(Cl)c(Cl)c2)CCC1)NC(=O)C(CC)S(=O)(=O)CC. The third-order valence-corrected chi connectivity index (χ3v) is 8.92. The molecule has 0 aromatic heterocycles. The number of carbonyl (C=O) groups excluding carboxylic acids is 1. The maximum Gasteiger partial charge on any atom is 0.238 e. The number of benzene rings is 1. The number of halogens is 2. The maximum absolute atomic E-state index is 12.8. The summed E-state index contributed by atoms with van der Waals surface area (Å²) < 4.78 is 24.5. The van der Waals surface area contributed by atoms with Gasteiger partial charge in [-0.3, -0.25) is 4.79 Å². The van der Waals surface area contributed by atoms with Crippen LogP contribution in [0, 0.1) is 0 Å². The molecule has 28 heavy (non-hydrogen) atoms. The number of sulfone groups is 1. The van der Waals surface area contributed by atoms with Crippen molar-refractivity contribution in [3.63, 3.8) is 0 Å². The van der Waals surface area contributed by atoms with Crippen LogP contribution in [0.15, 0.2) is 18.2 Å². The van der Waals surface area contributed by atoms with Gasteiger partial charge in [0.1, 0.15) is 5.25 Å². The molecular formula is C21H31Cl2NO3S. The first-order valence-corrected chi connectivity index (χ1v) is 12.6. The summed E-state index contributed by atoms with van der Waals surface area (Å²) >= 11 is 12.3. The summed E-state index contributed by atoms with van der Waals surface area (Å²) in [6.07, 6.45) is 6.01. The van der Waals surface area contributed by atoms with Gasteiger partial charge in [0.25, 0.3) is 0 Å². The fourth-order valence-electron chi connectivity index (χ4n) is 4.18. The fraction of sp³-hybridized carbons (Fsp3) is 0.667. The van der Waals surface area contributed by atoms with Crippen molar-refractivity contribution >= 4 is 38.9 Å². The third-order valence-electron chi connectivity index (χ3n) is 5.96. The number of nitrogens with one attached hydrogen (secondary N) is 1. The first-order valence-electron chi connectivity index (χ1n) is 10.2. The van der Waals surface area contributed by atoms with Crippen LogP contribution in [0.5, 0.6) is 0 Å². The Morgan fingerprint density at radius 3 is 2.32 bits per heavy atom. The molecule has 1 aliphatic carbocycles. The highest BCUT2D eigenvalue weighted by molar-refractivity contribution is 7.92. The lowest BCUT2D eigenvalue weighted by atomic mass is 9.61. The summed E-state index contributed by atoms with van der Waals surface area (Å²) in [6, 6.07) is 5.72. The van der Waals surface area contributed by atoms with E-state index >= 15 is 0 Å². The minimum atomic E-state index is -3.41. The molecule has 158 valence electrons. The summed E-state index contributed by atoms with van der Waals surface area (Å²) in [5, 5.41) is 3.16. The minimum absolute atomic E-state index is 0.0232. The summed E-state index contributed by atoms with van der Waals surface area (Å²) in [6.45, 7) is 5.41. The number of amides is 1. The summed E-state index contributed by atoms with van der Waals surface area (Å²) in [5.41, 5.74) is 1.11. The Morgan fingerprint density at radius 1 is 1.18 bits per heavy atom. The molecule has 1 saturated carbocycles. The van der Waals surface area contributed by atoms with Crippen LogP contribution in [0.25, 0.3) is 0 Å². The van der Waals surface area contributed by atoms with Gasteiger partial charge in [0.2, 0.25) is 5.91 Å². The zero-order valence-corrected chi connectivity index (χ0v) is 19.3. The van der Waals surface area contributed by atoms with Crippen LogP contribution in [0.4, 0.5) is 0 Å². The Bertz CT molecular complexity index is 791. The molecule has 4 nitrogen and oxygen atoms in total. The molecule has 0 spiro atoms. The van der Waals surface area contributed by atoms with Crippen LogP contribution in [0.2, 0.25) is 10.0 Å². The van der Waals surface area contributed by atoms with E-state index in [0.717, 1.165) is 44.1 Å². The zero-order chi connectivity index (χ0) is 20.9. The van der Waals surface area contributed by atoms with Gasteiger partial charge >= 0.3 is 0 Å². The molecule has 1 N–H and O–H groups in total. The van der Waals surface area contributed by atoms with Crippen LogP contribution in [0.1, 0.15) is 71.3 Å². The minimum Gasteiger partial charge on any atom is -0.352 e. The number of hydrogen-bond acceptors (Lipinski definition) is 3. The van der Waals surface area contributed by atoms with Crippen molar-refractivity contribution in [1.29, 1.82) is 0 Å². The molecule has 0 heterocycles. The van der Waals surface area contributed by atoms with E-state index < -0.39 is 15.1 Å². The molecule has 0 saturated heterocycles. The average Bonchev–Trinajstić information content (AvgIpc) is 2.61. The molecule has 2 unspecified atom stereocenters. The van der Waals surface area contributed by atoms with Gasteiger partial charge in [-0.25, -0.2) is 8.42 Å². The highest BCUT2D eigenvalue weighted by Crippen LogP contribution is 2.48. The number of carbonyl (C=O) groups is 1. The molecule has 1 amide bonds. The predicted molar refractivity (Wildman–Crippen MR) is 117 cm³/mol. The Kier molecular flexibility index (Phi) is 8.24. The van der Waals surface area contributed by atoms with Gasteiger partial charge in [-0.2, -0.15) is 0 Å². The molecule has 0 radical (unpaired) electrons. The molecule has 0 aliphatic heterocycles.